The first-order valence-corrected chi connectivity index (χ1v) is 7.12. The van der Waals surface area contributed by atoms with Crippen molar-refractivity contribution in [2.24, 2.45) is 5.73 Å². The summed E-state index contributed by atoms with van der Waals surface area (Å²) in [5.74, 6) is -0.338. The minimum Gasteiger partial charge on any atom is -0.389 e. The lowest BCUT2D eigenvalue weighted by molar-refractivity contribution is 0.622. The molecule has 1 heterocycles. The Kier molecular flexibility index (Phi) is 4.39. The van der Waals surface area contributed by atoms with Gasteiger partial charge >= 0.3 is 0 Å². The quantitative estimate of drug-likeness (QED) is 0.870. The zero-order chi connectivity index (χ0) is 14.0. The number of halogens is 2. The summed E-state index contributed by atoms with van der Waals surface area (Å²) in [5, 5.41) is 0. The first-order chi connectivity index (χ1) is 8.97. The largest absolute Gasteiger partial charge is 0.389 e. The van der Waals surface area contributed by atoms with Gasteiger partial charge < -0.3 is 10.6 Å². The van der Waals surface area contributed by atoms with Crippen molar-refractivity contribution in [2.45, 2.75) is 6.54 Å². The third kappa shape index (κ3) is 3.43. The molecule has 0 spiro atoms. The maximum atomic E-state index is 14.0. The first-order valence-electron chi connectivity index (χ1n) is 5.52. The number of hydrogen-bond acceptors (Lipinski definition) is 3. The van der Waals surface area contributed by atoms with Crippen molar-refractivity contribution in [2.75, 3.05) is 11.9 Å². The van der Waals surface area contributed by atoms with Crippen LogP contribution in [0, 0.1) is 5.82 Å². The van der Waals surface area contributed by atoms with Gasteiger partial charge in [0.25, 0.3) is 0 Å². The van der Waals surface area contributed by atoms with Crippen LogP contribution in [0.1, 0.15) is 10.4 Å². The van der Waals surface area contributed by atoms with Crippen LogP contribution in [-0.4, -0.2) is 12.0 Å². The van der Waals surface area contributed by atoms with E-state index in [0.717, 1.165) is 9.21 Å². The van der Waals surface area contributed by atoms with E-state index in [-0.39, 0.29) is 10.8 Å². The number of nitrogens with two attached hydrogens (primary N) is 1. The predicted molar refractivity (Wildman–Crippen MR) is 83.7 cm³/mol. The highest BCUT2D eigenvalue weighted by Crippen LogP contribution is 2.26. The Morgan fingerprint density at radius 3 is 2.68 bits per heavy atom. The smallest absolute Gasteiger partial charge is 0.147 e. The molecule has 0 fully saturated rings. The van der Waals surface area contributed by atoms with Crippen LogP contribution < -0.4 is 10.6 Å². The van der Waals surface area contributed by atoms with Crippen LogP contribution >= 0.6 is 35.2 Å². The molecule has 0 saturated carbocycles. The minimum atomic E-state index is -0.338. The number of benzene rings is 1. The van der Waals surface area contributed by atoms with E-state index < -0.39 is 0 Å². The summed E-state index contributed by atoms with van der Waals surface area (Å²) in [6.45, 7) is 0.598. The second-order valence-electron chi connectivity index (χ2n) is 4.09. The van der Waals surface area contributed by atoms with Crippen LogP contribution in [0.25, 0.3) is 0 Å². The van der Waals surface area contributed by atoms with Crippen molar-refractivity contribution < 1.29 is 4.39 Å². The van der Waals surface area contributed by atoms with Gasteiger partial charge in [0.2, 0.25) is 0 Å². The molecule has 1 aromatic heterocycles. The van der Waals surface area contributed by atoms with Crippen molar-refractivity contribution in [1.82, 2.24) is 0 Å². The summed E-state index contributed by atoms with van der Waals surface area (Å²) in [6.07, 6.45) is 0. The third-order valence-electron chi connectivity index (χ3n) is 2.67. The summed E-state index contributed by atoms with van der Waals surface area (Å²) in [5.41, 5.74) is 6.51. The molecular formula is C13H12ClFN2S2. The number of thiocarbonyl (C=S) groups is 1. The summed E-state index contributed by atoms with van der Waals surface area (Å²) < 4.78 is 14.7. The monoisotopic (exact) mass is 314 g/mol. The fourth-order valence-electron chi connectivity index (χ4n) is 1.73. The van der Waals surface area contributed by atoms with Crippen LogP contribution in [0.5, 0.6) is 0 Å². The van der Waals surface area contributed by atoms with Crippen molar-refractivity contribution in [3.05, 3.63) is 50.9 Å². The molecule has 0 bridgehead atoms. The Bertz CT molecular complexity index is 612. The molecule has 0 amide bonds. The van der Waals surface area contributed by atoms with Gasteiger partial charge in [-0.3, -0.25) is 0 Å². The van der Waals surface area contributed by atoms with E-state index >= 15 is 0 Å². The minimum absolute atomic E-state index is 0.193. The Balaban J connectivity index is 2.19. The molecule has 2 aromatic rings. The standard InChI is InChI=1S/C13H12ClFN2S2/c1-17(7-9-3-5-12(14)19-9)11-4-2-8(13(16)18)6-10(11)15/h2-6H,7H2,1H3,(H2,16,18). The number of hydrogen-bond donors (Lipinski definition) is 1. The SMILES string of the molecule is CN(Cc1ccc(Cl)s1)c1ccc(C(N)=S)cc1F. The summed E-state index contributed by atoms with van der Waals surface area (Å²) >= 11 is 12.2. The highest BCUT2D eigenvalue weighted by molar-refractivity contribution is 7.80. The lowest BCUT2D eigenvalue weighted by Crippen LogP contribution is -2.18. The van der Waals surface area contributed by atoms with Crippen molar-refractivity contribution in [1.29, 1.82) is 0 Å². The van der Waals surface area contributed by atoms with Crippen molar-refractivity contribution in [3.63, 3.8) is 0 Å². The molecule has 0 radical (unpaired) electrons. The molecule has 100 valence electrons. The second kappa shape index (κ2) is 5.86. The first kappa shape index (κ1) is 14.2. The molecule has 19 heavy (non-hydrogen) atoms. The fourth-order valence-corrected chi connectivity index (χ4v) is 2.99. The van der Waals surface area contributed by atoms with E-state index in [1.807, 2.05) is 24.1 Å². The van der Waals surface area contributed by atoms with Crippen LogP contribution in [0.4, 0.5) is 10.1 Å². The Morgan fingerprint density at radius 2 is 2.16 bits per heavy atom. The zero-order valence-corrected chi connectivity index (χ0v) is 12.6. The molecule has 0 aliphatic rings. The lowest BCUT2D eigenvalue weighted by Gasteiger charge is -2.19. The summed E-state index contributed by atoms with van der Waals surface area (Å²) in [7, 11) is 1.83. The van der Waals surface area contributed by atoms with Crippen molar-refractivity contribution >= 4 is 45.8 Å². The van der Waals surface area contributed by atoms with Gasteiger partial charge in [-0.2, -0.15) is 0 Å². The van der Waals surface area contributed by atoms with Gasteiger partial charge in [0, 0.05) is 17.5 Å². The van der Waals surface area contributed by atoms with Crippen molar-refractivity contribution in [3.8, 4) is 0 Å². The molecule has 6 heteroatoms. The average molecular weight is 315 g/mol. The zero-order valence-electron chi connectivity index (χ0n) is 10.2. The summed E-state index contributed by atoms with van der Waals surface area (Å²) in [6, 6.07) is 8.53. The van der Waals surface area contributed by atoms with Gasteiger partial charge in [-0.05, 0) is 30.3 Å². The summed E-state index contributed by atoms with van der Waals surface area (Å²) in [4.78, 5) is 3.09. The topological polar surface area (TPSA) is 29.3 Å². The molecule has 0 saturated heterocycles. The number of anilines is 1. The van der Waals surface area contributed by atoms with E-state index in [0.29, 0.717) is 17.8 Å². The van der Waals surface area contributed by atoms with E-state index in [1.165, 1.54) is 17.4 Å². The maximum Gasteiger partial charge on any atom is 0.147 e. The van der Waals surface area contributed by atoms with Crippen LogP contribution in [-0.2, 0) is 6.54 Å². The molecule has 0 aliphatic heterocycles. The Morgan fingerprint density at radius 1 is 1.42 bits per heavy atom. The number of thiophene rings is 1. The van der Waals surface area contributed by atoms with Gasteiger partial charge in [0.1, 0.15) is 10.8 Å². The van der Waals surface area contributed by atoms with Crippen LogP contribution in [0.3, 0.4) is 0 Å². The van der Waals surface area contributed by atoms with Gasteiger partial charge in [-0.25, -0.2) is 4.39 Å². The highest BCUT2D eigenvalue weighted by Gasteiger charge is 2.10. The molecule has 2 rings (SSSR count). The highest BCUT2D eigenvalue weighted by atomic mass is 35.5. The normalized spacial score (nSPS) is 10.5. The van der Waals surface area contributed by atoms with Gasteiger partial charge in [-0.15, -0.1) is 11.3 Å². The Hall–Kier alpha value is -1.17. The number of rotatable bonds is 4. The molecule has 0 atom stereocenters. The van der Waals surface area contributed by atoms with E-state index in [9.17, 15) is 4.39 Å². The lowest BCUT2D eigenvalue weighted by atomic mass is 10.2. The Labute approximate surface area is 125 Å². The van der Waals surface area contributed by atoms with Crippen LogP contribution in [0.2, 0.25) is 4.34 Å². The number of nitrogens with zero attached hydrogens (tertiary/aromatic N) is 1. The van der Waals surface area contributed by atoms with Gasteiger partial charge in [-0.1, -0.05) is 23.8 Å². The van der Waals surface area contributed by atoms with E-state index in [2.05, 4.69) is 0 Å². The average Bonchev–Trinajstić information content (AvgIpc) is 2.74. The van der Waals surface area contributed by atoms with Gasteiger partial charge in [0.15, 0.2) is 0 Å². The molecule has 0 unspecified atom stereocenters. The second-order valence-corrected chi connectivity index (χ2v) is 6.33. The predicted octanol–water partition coefficient (Wildman–Crippen LogP) is 3.81. The van der Waals surface area contributed by atoms with E-state index in [1.54, 1.807) is 12.1 Å². The van der Waals surface area contributed by atoms with Gasteiger partial charge in [0.05, 0.1) is 16.6 Å². The van der Waals surface area contributed by atoms with Crippen LogP contribution in [0.15, 0.2) is 30.3 Å². The molecule has 1 aromatic carbocycles. The molecular weight excluding hydrogens is 303 g/mol. The fraction of sp³-hybridized carbons (Fsp3) is 0.154. The third-order valence-corrected chi connectivity index (χ3v) is 4.12. The molecule has 2 N–H and O–H groups in total. The van der Waals surface area contributed by atoms with E-state index in [4.69, 9.17) is 29.6 Å². The maximum absolute atomic E-state index is 14.0. The molecule has 2 nitrogen and oxygen atoms in total. The molecule has 0 aliphatic carbocycles.